The fourth-order valence-corrected chi connectivity index (χ4v) is 5.27. The Morgan fingerprint density at radius 1 is 1.03 bits per heavy atom. The minimum absolute atomic E-state index is 0.0445. The van der Waals surface area contributed by atoms with E-state index < -0.39 is 34.3 Å². The van der Waals surface area contributed by atoms with E-state index in [2.05, 4.69) is 5.32 Å². The zero-order valence-corrected chi connectivity index (χ0v) is 22.3. The average molecular weight is 518 g/mol. The Morgan fingerprint density at radius 3 is 2.25 bits per heavy atom. The summed E-state index contributed by atoms with van der Waals surface area (Å²) in [6, 6.07) is 10.1. The van der Waals surface area contributed by atoms with Crippen LogP contribution in [0.5, 0.6) is 0 Å². The third-order valence-corrected chi connectivity index (χ3v) is 7.98. The van der Waals surface area contributed by atoms with Gasteiger partial charge in [0.2, 0.25) is 21.8 Å². The van der Waals surface area contributed by atoms with Crippen molar-refractivity contribution in [3.05, 3.63) is 65.0 Å². The van der Waals surface area contributed by atoms with E-state index in [9.17, 15) is 22.4 Å². The molecule has 1 saturated carbocycles. The first-order valence-corrected chi connectivity index (χ1v) is 14.2. The first-order chi connectivity index (χ1) is 17.0. The number of anilines is 1. The normalized spacial score (nSPS) is 15.2. The molecule has 0 heterocycles. The van der Waals surface area contributed by atoms with Crippen molar-refractivity contribution in [2.75, 3.05) is 17.1 Å². The summed E-state index contributed by atoms with van der Waals surface area (Å²) in [4.78, 5) is 28.1. The minimum atomic E-state index is -3.79. The largest absolute Gasteiger partial charge is 0.352 e. The number of carbonyl (C=O) groups is 2. The summed E-state index contributed by atoms with van der Waals surface area (Å²) in [6.45, 7) is 5.03. The summed E-state index contributed by atoms with van der Waals surface area (Å²) in [5.41, 5.74) is 2.93. The molecule has 2 aromatic carbocycles. The van der Waals surface area contributed by atoms with E-state index >= 15 is 0 Å². The fraction of sp³-hybridized carbons (Fsp3) is 0.481. The summed E-state index contributed by atoms with van der Waals surface area (Å²) < 4.78 is 39.9. The molecule has 36 heavy (non-hydrogen) atoms. The van der Waals surface area contributed by atoms with E-state index in [1.165, 1.54) is 17.0 Å². The van der Waals surface area contributed by atoms with E-state index in [0.29, 0.717) is 11.3 Å². The average Bonchev–Trinajstić information content (AvgIpc) is 2.83. The van der Waals surface area contributed by atoms with Crippen molar-refractivity contribution in [1.29, 1.82) is 0 Å². The summed E-state index contributed by atoms with van der Waals surface area (Å²) in [6.07, 6.45) is 6.11. The maximum absolute atomic E-state index is 13.6. The van der Waals surface area contributed by atoms with Crippen LogP contribution in [-0.2, 0) is 26.2 Å². The van der Waals surface area contributed by atoms with Crippen molar-refractivity contribution in [1.82, 2.24) is 10.2 Å². The van der Waals surface area contributed by atoms with E-state index in [0.717, 1.165) is 53.8 Å². The lowest BCUT2D eigenvalue weighted by molar-refractivity contribution is -0.139. The molecule has 0 aliphatic heterocycles. The van der Waals surface area contributed by atoms with Crippen LogP contribution in [0.3, 0.4) is 0 Å². The van der Waals surface area contributed by atoms with Gasteiger partial charge in [-0.2, -0.15) is 0 Å². The third-order valence-electron chi connectivity index (χ3n) is 6.84. The van der Waals surface area contributed by atoms with Crippen molar-refractivity contribution < 1.29 is 22.4 Å². The second kappa shape index (κ2) is 11.9. The lowest BCUT2D eigenvalue weighted by Gasteiger charge is -2.33. The molecule has 2 amide bonds. The molecule has 3 rings (SSSR count). The Kier molecular flexibility index (Phi) is 9.11. The fourth-order valence-electron chi connectivity index (χ4n) is 4.43. The number of rotatable bonds is 9. The van der Waals surface area contributed by atoms with E-state index in [-0.39, 0.29) is 18.5 Å². The van der Waals surface area contributed by atoms with Gasteiger partial charge in [0.25, 0.3) is 0 Å². The Balaban J connectivity index is 1.87. The van der Waals surface area contributed by atoms with Gasteiger partial charge in [-0.1, -0.05) is 37.5 Å². The first kappa shape index (κ1) is 27.6. The van der Waals surface area contributed by atoms with Crippen LogP contribution in [0.1, 0.15) is 55.7 Å². The quantitative estimate of drug-likeness (QED) is 0.543. The molecule has 9 heteroatoms. The van der Waals surface area contributed by atoms with Crippen LogP contribution in [-0.4, -0.2) is 50.0 Å². The number of benzene rings is 2. The van der Waals surface area contributed by atoms with E-state index in [4.69, 9.17) is 0 Å². The molecule has 1 atom stereocenters. The molecular weight excluding hydrogens is 481 g/mol. The summed E-state index contributed by atoms with van der Waals surface area (Å²) in [5.74, 6) is -1.21. The molecule has 2 aromatic rings. The molecule has 7 nitrogen and oxygen atoms in total. The Bertz CT molecular complexity index is 1180. The van der Waals surface area contributed by atoms with Crippen molar-refractivity contribution in [3.8, 4) is 0 Å². The molecule has 0 spiro atoms. The van der Waals surface area contributed by atoms with Crippen LogP contribution >= 0.6 is 0 Å². The number of aryl methyl sites for hydroxylation is 2. The molecule has 1 aliphatic carbocycles. The molecule has 196 valence electrons. The Hall–Kier alpha value is -2.94. The number of carbonyl (C=O) groups excluding carboxylic acids is 2. The summed E-state index contributed by atoms with van der Waals surface area (Å²) in [7, 11) is -3.79. The first-order valence-electron chi connectivity index (χ1n) is 12.3. The number of hydrogen-bond donors (Lipinski definition) is 1. The zero-order valence-electron chi connectivity index (χ0n) is 21.5. The highest BCUT2D eigenvalue weighted by Gasteiger charge is 2.31. The monoisotopic (exact) mass is 517 g/mol. The Morgan fingerprint density at radius 2 is 1.67 bits per heavy atom. The highest BCUT2D eigenvalue weighted by atomic mass is 32.2. The molecule has 1 N–H and O–H groups in total. The van der Waals surface area contributed by atoms with Crippen molar-refractivity contribution in [2.24, 2.45) is 0 Å². The van der Waals surface area contributed by atoms with Crippen LogP contribution in [0.4, 0.5) is 10.1 Å². The smallest absolute Gasteiger partial charge is 0.244 e. The molecule has 0 saturated heterocycles. The van der Waals surface area contributed by atoms with Gasteiger partial charge in [-0.15, -0.1) is 0 Å². The molecule has 1 aliphatic rings. The maximum Gasteiger partial charge on any atom is 0.244 e. The number of amides is 2. The van der Waals surface area contributed by atoms with Gasteiger partial charge in [0.1, 0.15) is 18.4 Å². The third kappa shape index (κ3) is 7.29. The highest BCUT2D eigenvalue weighted by molar-refractivity contribution is 7.92. The van der Waals surface area contributed by atoms with Gasteiger partial charge in [0.15, 0.2) is 0 Å². The SMILES string of the molecule is Cc1ccc(N(CC(=O)N(Cc2ccc(F)cc2)[C@H](C)C(=O)NC2CCCCC2)S(C)(=O)=O)cc1C. The molecule has 1 fully saturated rings. The predicted octanol–water partition coefficient (Wildman–Crippen LogP) is 4.07. The number of nitrogens with one attached hydrogen (secondary N) is 1. The number of halogens is 1. The van der Waals surface area contributed by atoms with Gasteiger partial charge in [-0.3, -0.25) is 13.9 Å². The molecule has 0 radical (unpaired) electrons. The van der Waals surface area contributed by atoms with E-state index in [1.54, 1.807) is 31.2 Å². The van der Waals surface area contributed by atoms with Crippen LogP contribution in [0.25, 0.3) is 0 Å². The van der Waals surface area contributed by atoms with Crippen molar-refractivity contribution in [3.63, 3.8) is 0 Å². The highest BCUT2D eigenvalue weighted by Crippen LogP contribution is 2.23. The molecule has 0 aromatic heterocycles. The number of hydrogen-bond acceptors (Lipinski definition) is 4. The molecule has 0 bridgehead atoms. The van der Waals surface area contributed by atoms with Crippen molar-refractivity contribution in [2.45, 2.75) is 71.5 Å². The second-order valence-corrected chi connectivity index (χ2v) is 11.6. The van der Waals surface area contributed by atoms with Gasteiger partial charge in [0, 0.05) is 12.6 Å². The van der Waals surface area contributed by atoms with E-state index in [1.807, 2.05) is 19.9 Å². The van der Waals surface area contributed by atoms with Crippen LogP contribution < -0.4 is 9.62 Å². The summed E-state index contributed by atoms with van der Waals surface area (Å²) >= 11 is 0. The van der Waals surface area contributed by atoms with Gasteiger partial charge in [0.05, 0.1) is 11.9 Å². The predicted molar refractivity (Wildman–Crippen MR) is 140 cm³/mol. The van der Waals surface area contributed by atoms with Crippen LogP contribution in [0, 0.1) is 19.7 Å². The Labute approximate surface area is 213 Å². The zero-order chi connectivity index (χ0) is 26.5. The van der Waals surface area contributed by atoms with Crippen LogP contribution in [0.15, 0.2) is 42.5 Å². The van der Waals surface area contributed by atoms with Gasteiger partial charge in [-0.05, 0) is 74.6 Å². The lowest BCUT2D eigenvalue weighted by atomic mass is 9.95. The van der Waals surface area contributed by atoms with Gasteiger partial charge in [-0.25, -0.2) is 12.8 Å². The van der Waals surface area contributed by atoms with Crippen molar-refractivity contribution >= 4 is 27.5 Å². The number of sulfonamides is 1. The van der Waals surface area contributed by atoms with Crippen LogP contribution in [0.2, 0.25) is 0 Å². The minimum Gasteiger partial charge on any atom is -0.352 e. The lowest BCUT2D eigenvalue weighted by Crippen LogP contribution is -2.53. The van der Waals surface area contributed by atoms with Gasteiger partial charge < -0.3 is 10.2 Å². The number of nitrogens with zero attached hydrogens (tertiary/aromatic N) is 2. The maximum atomic E-state index is 13.6. The van der Waals surface area contributed by atoms with Gasteiger partial charge >= 0.3 is 0 Å². The topological polar surface area (TPSA) is 86.8 Å². The standard InChI is InChI=1S/C27H36FN3O4S/c1-19-10-15-25(16-20(19)2)31(36(4,34)35)18-26(32)30(17-22-11-13-23(28)14-12-22)21(3)27(33)29-24-8-6-5-7-9-24/h10-16,21,24H,5-9,17-18H2,1-4H3,(H,29,33)/t21-/m1/s1. The molecule has 0 unspecified atom stereocenters. The second-order valence-electron chi connectivity index (χ2n) is 9.71. The molecular formula is C27H36FN3O4S. The summed E-state index contributed by atoms with van der Waals surface area (Å²) in [5, 5.41) is 3.05.